The number of carbonyl (C=O) groups excluding carboxylic acids is 4. The summed E-state index contributed by atoms with van der Waals surface area (Å²) < 4.78 is 70.0. The Hall–Kier alpha value is -5.46. The minimum Gasteiger partial charge on any atom is -1.00 e. The molecule has 4 aliphatic rings. The summed E-state index contributed by atoms with van der Waals surface area (Å²) in [5, 5.41) is 0. The van der Waals surface area contributed by atoms with Gasteiger partial charge in [-0.15, -0.1) is 0 Å². The van der Waals surface area contributed by atoms with Crippen molar-refractivity contribution in [3.05, 3.63) is 94.0 Å². The molecule has 2 aliphatic carbocycles. The largest absolute Gasteiger partial charge is 1.00 e. The van der Waals surface area contributed by atoms with Crippen LogP contribution in [0.5, 0.6) is 46.0 Å². The van der Waals surface area contributed by atoms with Gasteiger partial charge < -0.3 is 114 Å². The Balaban J connectivity index is 0.00000528. The number of rotatable bonds is 28. The number of halogens is 2. The predicted octanol–water partition coefficient (Wildman–Crippen LogP) is 1.94. The Morgan fingerprint density at radius 3 is 1.12 bits per heavy atom. The summed E-state index contributed by atoms with van der Waals surface area (Å²) in [6.07, 6.45) is 4.54. The van der Waals surface area contributed by atoms with E-state index >= 15 is 0 Å². The molecule has 18 nitrogen and oxygen atoms in total. The maximum absolute atomic E-state index is 14.2. The van der Waals surface area contributed by atoms with Crippen molar-refractivity contribution < 1.29 is 133 Å². The topological polar surface area (TPSA) is 179 Å². The van der Waals surface area contributed by atoms with Crippen molar-refractivity contribution in [1.82, 2.24) is 0 Å². The summed E-state index contributed by atoms with van der Waals surface area (Å²) in [6, 6.07) is 19.4. The van der Waals surface area contributed by atoms with Crippen LogP contribution < -0.4 is 85.8 Å². The lowest BCUT2D eigenvalue weighted by Gasteiger charge is -2.47. The van der Waals surface area contributed by atoms with Crippen molar-refractivity contribution in [2.75, 3.05) is 110 Å². The van der Waals surface area contributed by atoms with E-state index in [2.05, 4.69) is 14.1 Å². The maximum atomic E-state index is 14.2. The number of benzene rings is 4. The average Bonchev–Trinajstić information content (AvgIpc) is 4.50. The first kappa shape index (κ1) is 64.7. The molecule has 6 atom stereocenters. The average molecular weight is 1350 g/mol. The zero-order chi connectivity index (χ0) is 56.4. The molecule has 0 aromatic heterocycles. The van der Waals surface area contributed by atoms with Crippen molar-refractivity contribution in [2.24, 2.45) is 11.8 Å². The summed E-state index contributed by atoms with van der Waals surface area (Å²) in [4.78, 5) is 55.0. The van der Waals surface area contributed by atoms with Gasteiger partial charge in [-0.3, -0.25) is 9.59 Å². The van der Waals surface area contributed by atoms with Crippen molar-refractivity contribution in [3.63, 3.8) is 0 Å². The number of unbranched alkanes of at least 4 members (excludes halogenated alkanes) is 2. The van der Waals surface area contributed by atoms with Gasteiger partial charge in [-0.2, -0.15) is 0 Å². The molecule has 0 radical (unpaired) electrons. The monoisotopic (exact) mass is 1350 g/mol. The van der Waals surface area contributed by atoms with E-state index < -0.39 is 36.1 Å². The number of nitrogens with zero attached hydrogens (tertiary/aromatic N) is 2. The summed E-state index contributed by atoms with van der Waals surface area (Å²) >= 11 is 0. The molecule has 2 heterocycles. The third-order valence-electron chi connectivity index (χ3n) is 16.4. The van der Waals surface area contributed by atoms with E-state index in [1.165, 1.54) is 0 Å². The molecule has 81 heavy (non-hydrogen) atoms. The fourth-order valence-corrected chi connectivity index (χ4v) is 11.3. The summed E-state index contributed by atoms with van der Waals surface area (Å²) in [5.74, 6) is 2.41. The molecular formula is C61H80I2N2O16. The number of ether oxygens (including phenoxy) is 12. The van der Waals surface area contributed by atoms with Crippen LogP contribution in [0.15, 0.2) is 60.7 Å². The lowest BCUT2D eigenvalue weighted by Crippen LogP contribution is -3.00. The molecule has 20 heteroatoms. The van der Waals surface area contributed by atoms with Crippen LogP contribution in [0.1, 0.15) is 90.4 Å². The highest BCUT2D eigenvalue weighted by Crippen LogP contribution is 2.46. The highest BCUT2D eigenvalue weighted by molar-refractivity contribution is 5.82. The number of hydrogen-bond donors (Lipinski definition) is 0. The SMILES string of the molecule is COc1ccc(CC2c3cc(OC)c(OC)cc3CC[N+]2(C)CC(OC(=O)C2CC2)C(=O)OCCCCCOC(=O)C(C[N+]2(C)CCc3cc(OC)c(OC)cc3C2Cc2ccc(OC)c(OC)c2)OC(=O)C2CC2)cc1OC.[I-].[I-]. The normalized spacial score (nSPS) is 20.4. The number of hydrogen-bond acceptors (Lipinski definition) is 16. The third-order valence-corrected chi connectivity index (χ3v) is 16.4. The van der Waals surface area contributed by atoms with Crippen LogP contribution in [0.4, 0.5) is 0 Å². The Morgan fingerprint density at radius 2 is 0.790 bits per heavy atom. The molecule has 4 aromatic carbocycles. The van der Waals surface area contributed by atoms with Crippen LogP contribution in [0.25, 0.3) is 0 Å². The Kier molecular flexibility index (Phi) is 23.3. The van der Waals surface area contributed by atoms with E-state index in [1.54, 1.807) is 56.9 Å². The molecule has 0 bridgehead atoms. The number of esters is 4. The van der Waals surface area contributed by atoms with E-state index in [1.807, 2.05) is 60.7 Å². The van der Waals surface area contributed by atoms with E-state index in [4.69, 9.17) is 56.8 Å². The molecule has 444 valence electrons. The predicted molar refractivity (Wildman–Crippen MR) is 291 cm³/mol. The van der Waals surface area contributed by atoms with E-state index in [-0.39, 0.29) is 98.2 Å². The molecule has 0 spiro atoms. The van der Waals surface area contributed by atoms with Gasteiger partial charge in [0.05, 0.1) is 109 Å². The van der Waals surface area contributed by atoms with Crippen LogP contribution in [0.2, 0.25) is 0 Å². The molecular weight excluding hydrogens is 1270 g/mol. The number of methoxy groups -OCH3 is 8. The molecule has 0 N–H and O–H groups in total. The van der Waals surface area contributed by atoms with Crippen LogP contribution >= 0.6 is 0 Å². The number of likely N-dealkylation sites (N-methyl/N-ethyl adjacent to an activating group) is 2. The zero-order valence-electron chi connectivity index (χ0n) is 48.4. The highest BCUT2D eigenvalue weighted by atomic mass is 127. The van der Waals surface area contributed by atoms with Gasteiger partial charge in [0.25, 0.3) is 0 Å². The van der Waals surface area contributed by atoms with Crippen LogP contribution in [-0.4, -0.2) is 155 Å². The number of fused-ring (bicyclic) bond motifs is 2. The van der Waals surface area contributed by atoms with Crippen molar-refractivity contribution in [2.45, 2.75) is 94.9 Å². The van der Waals surface area contributed by atoms with Crippen molar-refractivity contribution >= 4 is 23.9 Å². The molecule has 6 unspecified atom stereocenters. The van der Waals surface area contributed by atoms with E-state index in [9.17, 15) is 19.2 Å². The lowest BCUT2D eigenvalue weighted by atomic mass is 9.86. The van der Waals surface area contributed by atoms with Gasteiger partial charge in [-0.1, -0.05) is 12.1 Å². The van der Waals surface area contributed by atoms with E-state index in [0.29, 0.717) is 113 Å². The second-order valence-electron chi connectivity index (χ2n) is 21.7. The van der Waals surface area contributed by atoms with Gasteiger partial charge in [0.1, 0.15) is 25.2 Å². The third kappa shape index (κ3) is 15.6. The first-order valence-electron chi connectivity index (χ1n) is 27.5. The van der Waals surface area contributed by atoms with Crippen LogP contribution in [0.3, 0.4) is 0 Å². The van der Waals surface area contributed by atoms with Gasteiger partial charge in [-0.05, 0) is 116 Å². The molecule has 2 aliphatic heterocycles. The molecule has 2 saturated carbocycles. The summed E-state index contributed by atoms with van der Waals surface area (Å²) in [7, 11) is 17.1. The van der Waals surface area contributed by atoms with Crippen molar-refractivity contribution in [1.29, 1.82) is 0 Å². The highest BCUT2D eigenvalue weighted by Gasteiger charge is 2.48. The maximum Gasteiger partial charge on any atom is 0.353 e. The first-order valence-corrected chi connectivity index (χ1v) is 27.5. The quantitative estimate of drug-likeness (QED) is 0.0265. The van der Waals surface area contributed by atoms with Gasteiger partial charge in [-0.25, -0.2) is 9.59 Å². The number of quaternary nitrogens is 2. The molecule has 2 fully saturated rings. The summed E-state index contributed by atoms with van der Waals surface area (Å²) in [6.45, 7) is 1.77. The fourth-order valence-electron chi connectivity index (χ4n) is 11.3. The fraction of sp³-hybridized carbons (Fsp3) is 0.541. The molecule has 0 saturated heterocycles. The summed E-state index contributed by atoms with van der Waals surface area (Å²) in [5.41, 5.74) is 6.29. The van der Waals surface area contributed by atoms with Gasteiger partial charge >= 0.3 is 23.9 Å². The second-order valence-corrected chi connectivity index (χ2v) is 21.7. The minimum atomic E-state index is -1.16. The molecule has 4 aromatic rings. The molecule has 0 amide bonds. The van der Waals surface area contributed by atoms with Gasteiger partial charge in [0.15, 0.2) is 46.0 Å². The first-order chi connectivity index (χ1) is 38.1. The Labute approximate surface area is 510 Å². The molecule has 8 rings (SSSR count). The lowest BCUT2D eigenvalue weighted by molar-refractivity contribution is -0.943. The van der Waals surface area contributed by atoms with Crippen molar-refractivity contribution in [3.8, 4) is 46.0 Å². The zero-order valence-corrected chi connectivity index (χ0v) is 52.8. The van der Waals surface area contributed by atoms with E-state index in [0.717, 1.165) is 59.1 Å². The van der Waals surface area contributed by atoms with Gasteiger partial charge in [0, 0.05) is 36.8 Å². The smallest absolute Gasteiger partial charge is 0.353 e. The standard InChI is InChI=1S/C61H80N2O16.2HI/c1-62(24-22-42-32-52(72-7)54(74-9)34-44(42)46(62)28-38-14-20-48(68-3)50(30-38)70-5)36-56(78-58(64)40-16-17-40)60(66)76-26-12-11-13-27-77-61(67)57(79-59(65)41-18-19-41)37-63(2)25-23-43-33-53(73-8)55(75-10)35-45(43)47(63)29-39-15-21-49(69-4)51(31-39)71-6;;/h14-15,20-21,30-35,40-41,46-47,56-57H,11-13,16-19,22-29,36-37H2,1-10H3;2*1H/q+2;;/p-2. The minimum absolute atomic E-state index is 0. The van der Waals surface area contributed by atoms with Crippen LogP contribution in [-0.2, 0) is 63.8 Å². The van der Waals surface area contributed by atoms with Crippen LogP contribution in [0, 0.1) is 11.8 Å². The van der Waals surface area contributed by atoms with Gasteiger partial charge in [0.2, 0.25) is 12.2 Å². The number of carbonyl (C=O) groups is 4. The Morgan fingerprint density at radius 1 is 0.457 bits per heavy atom. The second kappa shape index (κ2) is 29.2. The Bertz CT molecular complexity index is 2640.